The van der Waals surface area contributed by atoms with E-state index >= 15 is 0 Å². The summed E-state index contributed by atoms with van der Waals surface area (Å²) in [7, 11) is 0. The lowest BCUT2D eigenvalue weighted by Gasteiger charge is -1.79. The second-order valence-corrected chi connectivity index (χ2v) is 3.43. The van der Waals surface area contributed by atoms with Crippen LogP contribution in [0.5, 0.6) is 0 Å². The first-order valence-electron chi connectivity index (χ1n) is 3.52. The van der Waals surface area contributed by atoms with Crippen molar-refractivity contribution in [2.75, 3.05) is 5.75 Å². The molecule has 0 aliphatic carbocycles. The van der Waals surface area contributed by atoms with Crippen molar-refractivity contribution in [2.24, 2.45) is 0 Å². The smallest absolute Gasteiger partial charge is 0.304 e. The van der Waals surface area contributed by atoms with E-state index in [1.807, 2.05) is 11.4 Å². The molecule has 0 spiro atoms. The number of hydrogen-bond acceptors (Lipinski definition) is 4. The molecule has 0 amide bonds. The number of rotatable bonds is 3. The summed E-state index contributed by atoms with van der Waals surface area (Å²) >= 11 is 5.13. The van der Waals surface area contributed by atoms with Crippen LogP contribution in [-0.4, -0.2) is 23.1 Å². The minimum Gasteiger partial charge on any atom is -0.481 e. The van der Waals surface area contributed by atoms with Crippen LogP contribution < -0.4 is 0 Å². The summed E-state index contributed by atoms with van der Waals surface area (Å²) in [4.78, 5) is 20.2. The normalized spacial score (nSPS) is 8.38. The molecule has 0 bridgehead atoms. The van der Waals surface area contributed by atoms with Gasteiger partial charge >= 0.3 is 5.97 Å². The minimum absolute atomic E-state index is 0.156. The molecule has 0 radical (unpaired) electrons. The number of carboxylic acids is 1. The van der Waals surface area contributed by atoms with Gasteiger partial charge in [0, 0.05) is 5.75 Å². The first-order valence-corrected chi connectivity index (χ1v) is 5.03. The Morgan fingerprint density at radius 1 is 1.69 bits per heavy atom. The van der Waals surface area contributed by atoms with E-state index in [1.54, 1.807) is 6.07 Å². The molecule has 72 valence electrons. The highest BCUT2D eigenvalue weighted by molar-refractivity contribution is 7.80. The summed E-state index contributed by atoms with van der Waals surface area (Å²) in [5.41, 5.74) is 0. The van der Waals surface area contributed by atoms with Crippen molar-refractivity contribution in [2.45, 2.75) is 6.42 Å². The summed E-state index contributed by atoms with van der Waals surface area (Å²) in [6, 6.07) is 3.64. The second-order valence-electron chi connectivity index (χ2n) is 2.00. The number of aldehydes is 1. The summed E-state index contributed by atoms with van der Waals surface area (Å²) in [5.74, 6) is -0.361. The van der Waals surface area contributed by atoms with Crippen molar-refractivity contribution in [3.05, 3.63) is 22.4 Å². The molecule has 1 aromatic rings. The molecule has 0 unspecified atom stereocenters. The van der Waals surface area contributed by atoms with E-state index in [0.29, 0.717) is 5.75 Å². The monoisotopic (exact) mass is 218 g/mol. The summed E-state index contributed by atoms with van der Waals surface area (Å²) in [6.07, 6.45) is 1.01. The molecule has 0 atom stereocenters. The Balaban J connectivity index is 0.000000226. The summed E-state index contributed by atoms with van der Waals surface area (Å²) in [5, 5.41) is 9.74. The van der Waals surface area contributed by atoms with E-state index in [-0.39, 0.29) is 6.42 Å². The van der Waals surface area contributed by atoms with E-state index < -0.39 is 5.97 Å². The lowest BCUT2D eigenvalue weighted by Crippen LogP contribution is -1.93. The number of carboxylic acid groups (broad SMARTS) is 1. The SMILES string of the molecule is O=C(O)CCS.O=Cc1cccs1. The quantitative estimate of drug-likeness (QED) is 0.602. The molecular formula is C8H10O3S2. The molecule has 0 aliphatic rings. The van der Waals surface area contributed by atoms with Gasteiger partial charge in [0.1, 0.15) is 0 Å². The third kappa shape index (κ3) is 7.55. The highest BCUT2D eigenvalue weighted by Gasteiger charge is 1.88. The number of hydrogen-bond donors (Lipinski definition) is 2. The highest BCUT2D eigenvalue weighted by Crippen LogP contribution is 2.03. The van der Waals surface area contributed by atoms with Crippen molar-refractivity contribution < 1.29 is 14.7 Å². The third-order valence-electron chi connectivity index (χ3n) is 0.985. The van der Waals surface area contributed by atoms with Crippen LogP contribution in [0.1, 0.15) is 16.1 Å². The van der Waals surface area contributed by atoms with Crippen LogP contribution in [0.2, 0.25) is 0 Å². The van der Waals surface area contributed by atoms with E-state index in [2.05, 4.69) is 12.6 Å². The zero-order valence-corrected chi connectivity index (χ0v) is 8.55. The fraction of sp³-hybridized carbons (Fsp3) is 0.250. The van der Waals surface area contributed by atoms with Gasteiger partial charge in [-0.15, -0.1) is 11.3 Å². The van der Waals surface area contributed by atoms with E-state index in [4.69, 9.17) is 5.11 Å². The first-order chi connectivity index (χ1) is 6.20. The Morgan fingerprint density at radius 2 is 2.38 bits per heavy atom. The standard InChI is InChI=1S/C5H4OS.C3H6O2S/c6-4-5-2-1-3-7-5;4-3(5)1-2-6/h1-4H;6H,1-2H2,(H,4,5). The minimum atomic E-state index is -0.787. The van der Waals surface area contributed by atoms with Crippen molar-refractivity contribution >= 4 is 36.2 Å². The van der Waals surface area contributed by atoms with Gasteiger partial charge in [0.2, 0.25) is 0 Å². The maximum Gasteiger partial charge on any atom is 0.304 e. The van der Waals surface area contributed by atoms with Gasteiger partial charge in [0.15, 0.2) is 6.29 Å². The molecule has 0 aromatic carbocycles. The number of carbonyl (C=O) groups excluding carboxylic acids is 1. The molecule has 1 heterocycles. The lowest BCUT2D eigenvalue weighted by atomic mass is 10.5. The van der Waals surface area contributed by atoms with Gasteiger partial charge in [-0.05, 0) is 11.4 Å². The van der Waals surface area contributed by atoms with Gasteiger partial charge in [0.25, 0.3) is 0 Å². The topological polar surface area (TPSA) is 54.4 Å². The van der Waals surface area contributed by atoms with E-state index in [0.717, 1.165) is 11.2 Å². The van der Waals surface area contributed by atoms with Gasteiger partial charge in [-0.2, -0.15) is 12.6 Å². The molecule has 0 aliphatic heterocycles. The van der Waals surface area contributed by atoms with Gasteiger partial charge in [-0.25, -0.2) is 0 Å². The van der Waals surface area contributed by atoms with Crippen LogP contribution in [0.25, 0.3) is 0 Å². The Morgan fingerprint density at radius 3 is 2.54 bits per heavy atom. The van der Waals surface area contributed by atoms with Gasteiger partial charge in [-0.1, -0.05) is 6.07 Å². The molecule has 3 nitrogen and oxygen atoms in total. The van der Waals surface area contributed by atoms with Gasteiger partial charge in [-0.3, -0.25) is 9.59 Å². The average molecular weight is 218 g/mol. The molecule has 0 saturated heterocycles. The maximum absolute atomic E-state index is 9.88. The first kappa shape index (κ1) is 12.2. The average Bonchev–Trinajstić information content (AvgIpc) is 2.56. The highest BCUT2D eigenvalue weighted by atomic mass is 32.1. The number of thiophene rings is 1. The molecule has 1 aromatic heterocycles. The van der Waals surface area contributed by atoms with Crippen LogP contribution in [0, 0.1) is 0 Å². The predicted molar refractivity (Wildman–Crippen MR) is 55.8 cm³/mol. The third-order valence-corrected chi connectivity index (χ3v) is 2.01. The molecule has 0 fully saturated rings. The fourth-order valence-electron chi connectivity index (χ4n) is 0.454. The zero-order valence-electron chi connectivity index (χ0n) is 6.84. The van der Waals surface area contributed by atoms with E-state index in [1.165, 1.54) is 11.3 Å². The van der Waals surface area contributed by atoms with Crippen LogP contribution in [0.15, 0.2) is 17.5 Å². The Bertz CT molecular complexity index is 244. The second kappa shape index (κ2) is 7.82. The largest absolute Gasteiger partial charge is 0.481 e. The van der Waals surface area contributed by atoms with E-state index in [9.17, 15) is 9.59 Å². The molecule has 0 saturated carbocycles. The molecule has 13 heavy (non-hydrogen) atoms. The van der Waals surface area contributed by atoms with Crippen molar-refractivity contribution in [3.8, 4) is 0 Å². The Hall–Kier alpha value is -0.810. The molecule has 1 N–H and O–H groups in total. The van der Waals surface area contributed by atoms with Crippen LogP contribution >= 0.6 is 24.0 Å². The Kier molecular flexibility index (Phi) is 7.33. The predicted octanol–water partition coefficient (Wildman–Crippen LogP) is 1.95. The van der Waals surface area contributed by atoms with Crippen molar-refractivity contribution in [3.63, 3.8) is 0 Å². The molecular weight excluding hydrogens is 208 g/mol. The van der Waals surface area contributed by atoms with Crippen LogP contribution in [0.4, 0.5) is 0 Å². The fourth-order valence-corrected chi connectivity index (χ4v) is 1.17. The maximum atomic E-state index is 9.88. The number of thiol groups is 1. The molecule has 1 rings (SSSR count). The Labute approximate surface area is 85.8 Å². The summed E-state index contributed by atoms with van der Waals surface area (Å²) < 4.78 is 0. The summed E-state index contributed by atoms with van der Waals surface area (Å²) in [6.45, 7) is 0. The van der Waals surface area contributed by atoms with Gasteiger partial charge < -0.3 is 5.11 Å². The lowest BCUT2D eigenvalue weighted by molar-refractivity contribution is -0.136. The van der Waals surface area contributed by atoms with Gasteiger partial charge in [0.05, 0.1) is 11.3 Å². The van der Waals surface area contributed by atoms with Crippen LogP contribution in [-0.2, 0) is 4.79 Å². The number of aliphatic carboxylic acids is 1. The number of carbonyl (C=O) groups is 2. The van der Waals surface area contributed by atoms with Crippen LogP contribution in [0.3, 0.4) is 0 Å². The van der Waals surface area contributed by atoms with Crippen molar-refractivity contribution in [1.29, 1.82) is 0 Å². The molecule has 5 heteroatoms. The zero-order chi connectivity index (χ0) is 10.1. The van der Waals surface area contributed by atoms with Crippen molar-refractivity contribution in [1.82, 2.24) is 0 Å².